The first-order valence-electron chi connectivity index (χ1n) is 16.0. The number of piperidine rings is 2. The third-order valence-corrected chi connectivity index (χ3v) is 11.8. The highest BCUT2D eigenvalue weighted by atomic mass is 35.5. The molecular formula is C31H55ClN2O4. The minimum absolute atomic E-state index is 0.102. The number of aliphatic hydroxyl groups excluding tert-OH is 1. The lowest BCUT2D eigenvalue weighted by Crippen LogP contribution is -2.61. The molecule has 5 aliphatic rings. The van der Waals surface area contributed by atoms with Gasteiger partial charge in [0.2, 0.25) is 0 Å². The van der Waals surface area contributed by atoms with E-state index in [0.29, 0.717) is 47.8 Å². The van der Waals surface area contributed by atoms with Crippen molar-refractivity contribution in [3.63, 3.8) is 0 Å². The Bertz CT molecular complexity index is 747. The normalized spacial score (nSPS) is 44.1. The molecule has 7 heteroatoms. The van der Waals surface area contributed by atoms with Gasteiger partial charge < -0.3 is 29.9 Å². The Morgan fingerprint density at radius 1 is 1.08 bits per heavy atom. The average Bonchev–Trinajstić information content (AvgIpc) is 3.06. The van der Waals surface area contributed by atoms with E-state index in [1.165, 1.54) is 25.7 Å². The van der Waals surface area contributed by atoms with Gasteiger partial charge in [0.25, 0.3) is 0 Å². The van der Waals surface area contributed by atoms with Crippen molar-refractivity contribution in [2.75, 3.05) is 46.0 Å². The molecule has 0 spiro atoms. The molecule has 5 rings (SSSR count). The van der Waals surface area contributed by atoms with E-state index in [1.54, 1.807) is 0 Å². The number of fused-ring (bicyclic) bond motifs is 2. The standard InChI is InChI=1S/C31H55ClN2O4/c1-30(2)21-34(16-13-31(30,36)22-7-9-23(32)10-8-22)15-4-6-25-26-5-3-14-33-28(26)20-38-29-12-11-24(19-27(25)29)37-18-17-35/h22-29,33,35-36H,3-21H2,1-2H3/t22?,23?,24-,25?,26?,27?,28?,29?,31?/m0/s1. The van der Waals surface area contributed by atoms with Crippen LogP contribution in [-0.4, -0.2) is 90.3 Å². The second-order valence-electron chi connectivity index (χ2n) is 14.0. The highest BCUT2D eigenvalue weighted by Gasteiger charge is 2.52. The first-order valence-corrected chi connectivity index (χ1v) is 16.4. The lowest BCUT2D eigenvalue weighted by molar-refractivity contribution is -0.161. The van der Waals surface area contributed by atoms with E-state index in [9.17, 15) is 10.2 Å². The number of hydrogen-bond acceptors (Lipinski definition) is 6. The predicted octanol–water partition coefficient (Wildman–Crippen LogP) is 4.59. The molecule has 38 heavy (non-hydrogen) atoms. The topological polar surface area (TPSA) is 74.2 Å². The maximum absolute atomic E-state index is 11.9. The van der Waals surface area contributed by atoms with Crippen LogP contribution in [0.25, 0.3) is 0 Å². The molecule has 3 heterocycles. The van der Waals surface area contributed by atoms with Crippen LogP contribution in [0.2, 0.25) is 0 Å². The fraction of sp³-hybridized carbons (Fsp3) is 1.00. The number of nitrogens with one attached hydrogen (secondary N) is 1. The van der Waals surface area contributed by atoms with Crippen LogP contribution in [0, 0.1) is 29.1 Å². The SMILES string of the molecule is CC1(C)CN(CCCC2C3CCCNC3COC3CC[C@H](OCCO)CC32)CCC1(O)C1CCC(Cl)CC1. The summed E-state index contributed by atoms with van der Waals surface area (Å²) in [5, 5.41) is 25.3. The molecule has 0 amide bonds. The van der Waals surface area contributed by atoms with E-state index in [2.05, 4.69) is 24.1 Å². The molecule has 5 fully saturated rings. The van der Waals surface area contributed by atoms with E-state index in [-0.39, 0.29) is 18.1 Å². The van der Waals surface area contributed by atoms with Gasteiger partial charge in [-0.15, -0.1) is 11.6 Å². The van der Waals surface area contributed by atoms with Crippen molar-refractivity contribution in [1.82, 2.24) is 10.2 Å². The van der Waals surface area contributed by atoms with Crippen molar-refractivity contribution >= 4 is 11.6 Å². The van der Waals surface area contributed by atoms with Gasteiger partial charge in [-0.25, -0.2) is 0 Å². The molecule has 2 saturated carbocycles. The third kappa shape index (κ3) is 6.42. The van der Waals surface area contributed by atoms with Crippen LogP contribution < -0.4 is 5.32 Å². The molecule has 0 aromatic heterocycles. The van der Waals surface area contributed by atoms with Crippen molar-refractivity contribution in [2.24, 2.45) is 29.1 Å². The van der Waals surface area contributed by atoms with Crippen LogP contribution in [0.4, 0.5) is 0 Å². The highest BCUT2D eigenvalue weighted by molar-refractivity contribution is 6.20. The summed E-state index contributed by atoms with van der Waals surface area (Å²) < 4.78 is 12.6. The molecular weight excluding hydrogens is 500 g/mol. The molecule has 7 atom stereocenters. The van der Waals surface area contributed by atoms with E-state index < -0.39 is 5.60 Å². The van der Waals surface area contributed by atoms with Gasteiger partial charge in [0.1, 0.15) is 0 Å². The summed E-state index contributed by atoms with van der Waals surface area (Å²) in [4.78, 5) is 2.64. The minimum atomic E-state index is -0.570. The first-order chi connectivity index (χ1) is 18.3. The van der Waals surface area contributed by atoms with Crippen LogP contribution in [-0.2, 0) is 9.47 Å². The van der Waals surface area contributed by atoms with Crippen molar-refractivity contribution in [2.45, 2.75) is 120 Å². The summed E-state index contributed by atoms with van der Waals surface area (Å²) in [7, 11) is 0. The molecule has 3 N–H and O–H groups in total. The van der Waals surface area contributed by atoms with Crippen LogP contribution in [0.3, 0.4) is 0 Å². The summed E-state index contributed by atoms with van der Waals surface area (Å²) in [6.07, 6.45) is 14.0. The number of rotatable bonds is 8. The lowest BCUT2D eigenvalue weighted by Gasteiger charge is -2.55. The fourth-order valence-corrected chi connectivity index (χ4v) is 9.53. The number of likely N-dealkylation sites (tertiary alicyclic amines) is 1. The van der Waals surface area contributed by atoms with Gasteiger partial charge in [-0.1, -0.05) is 13.8 Å². The molecule has 2 aliphatic carbocycles. The molecule has 3 aliphatic heterocycles. The largest absolute Gasteiger partial charge is 0.394 e. The zero-order chi connectivity index (χ0) is 26.8. The van der Waals surface area contributed by atoms with Gasteiger partial charge in [0.05, 0.1) is 37.6 Å². The Hall–Kier alpha value is 0.0500. The maximum Gasteiger partial charge on any atom is 0.0750 e. The smallest absolute Gasteiger partial charge is 0.0750 e. The van der Waals surface area contributed by atoms with Crippen molar-refractivity contribution in [3.05, 3.63) is 0 Å². The fourth-order valence-electron chi connectivity index (χ4n) is 9.28. The third-order valence-electron chi connectivity index (χ3n) is 11.4. The molecule has 3 saturated heterocycles. The van der Waals surface area contributed by atoms with Gasteiger partial charge in [-0.2, -0.15) is 0 Å². The number of nitrogens with zero attached hydrogens (tertiary/aromatic N) is 1. The number of ether oxygens (including phenoxy) is 2. The van der Waals surface area contributed by atoms with Crippen LogP contribution in [0.5, 0.6) is 0 Å². The van der Waals surface area contributed by atoms with E-state index in [0.717, 1.165) is 84.2 Å². The summed E-state index contributed by atoms with van der Waals surface area (Å²) in [5.41, 5.74) is -0.672. The molecule has 220 valence electrons. The van der Waals surface area contributed by atoms with Crippen LogP contribution in [0.1, 0.15) is 90.9 Å². The second kappa shape index (κ2) is 12.9. The predicted molar refractivity (Wildman–Crippen MR) is 153 cm³/mol. The summed E-state index contributed by atoms with van der Waals surface area (Å²) in [5.74, 6) is 2.31. The zero-order valence-electron chi connectivity index (χ0n) is 24.1. The van der Waals surface area contributed by atoms with Crippen LogP contribution >= 0.6 is 11.6 Å². The maximum atomic E-state index is 11.9. The molecule has 6 unspecified atom stereocenters. The molecule has 6 nitrogen and oxygen atoms in total. The number of aliphatic hydroxyl groups is 2. The molecule has 0 aromatic carbocycles. The zero-order valence-corrected chi connectivity index (χ0v) is 24.8. The average molecular weight is 555 g/mol. The molecule has 0 radical (unpaired) electrons. The second-order valence-corrected chi connectivity index (χ2v) is 14.6. The monoisotopic (exact) mass is 554 g/mol. The van der Waals surface area contributed by atoms with Gasteiger partial charge in [-0.05, 0) is 114 Å². The van der Waals surface area contributed by atoms with Crippen molar-refractivity contribution in [1.29, 1.82) is 0 Å². The van der Waals surface area contributed by atoms with Gasteiger partial charge >= 0.3 is 0 Å². The van der Waals surface area contributed by atoms with Gasteiger partial charge in [0.15, 0.2) is 0 Å². The number of hydrogen-bond donors (Lipinski definition) is 3. The highest BCUT2D eigenvalue weighted by Crippen LogP contribution is 2.49. The number of halogens is 1. The Labute approximate surface area is 236 Å². The first kappa shape index (κ1) is 29.5. The lowest BCUT2D eigenvalue weighted by atomic mass is 9.60. The Kier molecular flexibility index (Phi) is 10.0. The summed E-state index contributed by atoms with van der Waals surface area (Å²) in [6, 6.07) is 0.489. The van der Waals surface area contributed by atoms with E-state index in [1.807, 2.05) is 0 Å². The van der Waals surface area contributed by atoms with Gasteiger partial charge in [0, 0.05) is 29.9 Å². The Balaban J connectivity index is 1.20. The minimum Gasteiger partial charge on any atom is -0.394 e. The van der Waals surface area contributed by atoms with Crippen LogP contribution in [0.15, 0.2) is 0 Å². The van der Waals surface area contributed by atoms with Crippen molar-refractivity contribution < 1.29 is 19.7 Å². The summed E-state index contributed by atoms with van der Waals surface area (Å²) in [6.45, 7) is 10.2. The quantitative estimate of drug-likeness (QED) is 0.381. The number of alkyl halides is 1. The molecule has 0 bridgehead atoms. The Morgan fingerprint density at radius 3 is 2.66 bits per heavy atom. The van der Waals surface area contributed by atoms with E-state index in [4.69, 9.17) is 21.1 Å². The Morgan fingerprint density at radius 2 is 1.89 bits per heavy atom. The van der Waals surface area contributed by atoms with Crippen molar-refractivity contribution in [3.8, 4) is 0 Å². The van der Waals surface area contributed by atoms with E-state index >= 15 is 0 Å². The van der Waals surface area contributed by atoms with Gasteiger partial charge in [-0.3, -0.25) is 0 Å². The molecule has 0 aromatic rings. The summed E-state index contributed by atoms with van der Waals surface area (Å²) >= 11 is 6.39.